The third-order valence-corrected chi connectivity index (χ3v) is 5.04. The quantitative estimate of drug-likeness (QED) is 0.448. The van der Waals surface area contributed by atoms with Gasteiger partial charge in [0.15, 0.2) is 0 Å². The van der Waals surface area contributed by atoms with Crippen LogP contribution in [0.3, 0.4) is 0 Å². The Hall–Kier alpha value is -3.07. The van der Waals surface area contributed by atoms with E-state index >= 15 is 0 Å². The molecule has 2 N–H and O–H groups in total. The van der Waals surface area contributed by atoms with Crippen LogP contribution in [0.2, 0.25) is 0 Å². The van der Waals surface area contributed by atoms with Gasteiger partial charge in [-0.15, -0.1) is 0 Å². The van der Waals surface area contributed by atoms with Gasteiger partial charge in [-0.25, -0.2) is 0 Å². The Labute approximate surface area is 174 Å². The molecule has 1 unspecified atom stereocenters. The van der Waals surface area contributed by atoms with Gasteiger partial charge in [-0.1, -0.05) is 74.0 Å². The molecule has 1 atom stereocenters. The van der Waals surface area contributed by atoms with Gasteiger partial charge in [-0.05, 0) is 54.7 Å². The van der Waals surface area contributed by atoms with Crippen LogP contribution in [0.25, 0.3) is 0 Å². The molecule has 0 aliphatic heterocycles. The second-order valence-corrected chi connectivity index (χ2v) is 7.32. The lowest BCUT2D eigenvalue weighted by Crippen LogP contribution is -2.27. The molecule has 0 fully saturated rings. The van der Waals surface area contributed by atoms with Crippen LogP contribution in [0.15, 0.2) is 84.9 Å². The average molecular weight is 387 g/mol. The number of benzene rings is 3. The van der Waals surface area contributed by atoms with Crippen molar-refractivity contribution in [2.45, 2.75) is 38.6 Å². The molecule has 0 spiro atoms. The monoisotopic (exact) mass is 386 g/mol. The van der Waals surface area contributed by atoms with E-state index < -0.39 is 0 Å². The molecule has 29 heavy (non-hydrogen) atoms. The molecule has 0 heterocycles. The smallest absolute Gasteiger partial charge is 0.251 e. The first kappa shape index (κ1) is 20.7. The Morgan fingerprint density at radius 2 is 1.62 bits per heavy atom. The summed E-state index contributed by atoms with van der Waals surface area (Å²) in [6.07, 6.45) is 4.31. The molecule has 0 saturated carbocycles. The van der Waals surface area contributed by atoms with Gasteiger partial charge in [-0.2, -0.15) is 0 Å². The van der Waals surface area contributed by atoms with Crippen molar-refractivity contribution in [3.05, 3.63) is 102 Å². The average Bonchev–Trinajstić information content (AvgIpc) is 2.78. The summed E-state index contributed by atoms with van der Waals surface area (Å²) in [5.41, 5.74) is 4.42. The van der Waals surface area contributed by atoms with Gasteiger partial charge in [0.05, 0.1) is 6.04 Å². The van der Waals surface area contributed by atoms with Gasteiger partial charge in [0, 0.05) is 17.8 Å². The number of unbranched alkanes of at least 4 members (excludes halogenated alkanes) is 1. The maximum absolute atomic E-state index is 12.4. The van der Waals surface area contributed by atoms with E-state index in [0.717, 1.165) is 18.5 Å². The first-order valence-corrected chi connectivity index (χ1v) is 10.5. The number of carbonyl (C=O) groups is 1. The van der Waals surface area contributed by atoms with Gasteiger partial charge >= 0.3 is 0 Å². The molecule has 0 saturated heterocycles. The van der Waals surface area contributed by atoms with Crippen LogP contribution in [0.4, 0.5) is 5.69 Å². The van der Waals surface area contributed by atoms with E-state index in [1.165, 1.54) is 24.0 Å². The molecule has 0 radical (unpaired) electrons. The van der Waals surface area contributed by atoms with Gasteiger partial charge in [0.25, 0.3) is 5.91 Å². The van der Waals surface area contributed by atoms with Crippen molar-refractivity contribution in [1.29, 1.82) is 0 Å². The number of aryl methyl sites for hydroxylation is 1. The summed E-state index contributed by atoms with van der Waals surface area (Å²) in [4.78, 5) is 12.4. The molecule has 0 aliphatic rings. The Morgan fingerprint density at radius 3 is 2.34 bits per heavy atom. The predicted molar refractivity (Wildman–Crippen MR) is 121 cm³/mol. The number of carbonyl (C=O) groups excluding carboxylic acids is 1. The lowest BCUT2D eigenvalue weighted by Gasteiger charge is -2.21. The van der Waals surface area contributed by atoms with E-state index in [0.29, 0.717) is 12.1 Å². The van der Waals surface area contributed by atoms with E-state index in [1.54, 1.807) is 0 Å². The zero-order chi connectivity index (χ0) is 20.3. The Morgan fingerprint density at radius 1 is 0.897 bits per heavy atom. The lowest BCUT2D eigenvalue weighted by atomic mass is 9.98. The van der Waals surface area contributed by atoms with Crippen molar-refractivity contribution in [2.24, 2.45) is 0 Å². The number of amides is 1. The second-order valence-electron chi connectivity index (χ2n) is 7.32. The second kappa shape index (κ2) is 11.1. The summed E-state index contributed by atoms with van der Waals surface area (Å²) in [5.74, 6) is -0.0271. The van der Waals surface area contributed by atoms with Gasteiger partial charge < -0.3 is 10.6 Å². The molecule has 3 rings (SSSR count). The van der Waals surface area contributed by atoms with Crippen LogP contribution >= 0.6 is 0 Å². The number of para-hydroxylation sites is 1. The number of anilines is 1. The minimum absolute atomic E-state index is 0.0271. The fraction of sp³-hybridized carbons (Fsp3) is 0.269. The summed E-state index contributed by atoms with van der Waals surface area (Å²) < 4.78 is 0. The molecule has 3 heteroatoms. The van der Waals surface area contributed by atoms with Crippen molar-refractivity contribution < 1.29 is 4.79 Å². The fourth-order valence-corrected chi connectivity index (χ4v) is 3.43. The fourth-order valence-electron chi connectivity index (χ4n) is 3.43. The molecule has 3 aromatic carbocycles. The van der Waals surface area contributed by atoms with Crippen LogP contribution in [-0.4, -0.2) is 12.5 Å². The zero-order valence-corrected chi connectivity index (χ0v) is 17.1. The summed E-state index contributed by atoms with van der Waals surface area (Å²) in [6, 6.07) is 28.6. The van der Waals surface area contributed by atoms with Gasteiger partial charge in [0.2, 0.25) is 0 Å². The van der Waals surface area contributed by atoms with E-state index in [2.05, 4.69) is 54.0 Å². The van der Waals surface area contributed by atoms with Crippen molar-refractivity contribution in [3.63, 3.8) is 0 Å². The zero-order valence-electron chi connectivity index (χ0n) is 17.1. The highest BCUT2D eigenvalue weighted by molar-refractivity contribution is 5.94. The standard InChI is InChI=1S/C26H30N2O/c1-2-3-11-21-12-10-15-23(20-21)25(28-24-16-8-5-9-17-24)18-19-27-26(29)22-13-6-4-7-14-22/h4-10,12-17,20,25,28H,2-3,11,18-19H2,1H3,(H,27,29). The molecule has 0 aliphatic carbocycles. The van der Waals surface area contributed by atoms with Crippen molar-refractivity contribution in [3.8, 4) is 0 Å². The van der Waals surface area contributed by atoms with Crippen LogP contribution in [0.5, 0.6) is 0 Å². The summed E-state index contributed by atoms with van der Waals surface area (Å²) in [6.45, 7) is 2.83. The van der Waals surface area contributed by atoms with E-state index in [-0.39, 0.29) is 11.9 Å². The predicted octanol–water partition coefficient (Wildman–Crippen LogP) is 6.00. The van der Waals surface area contributed by atoms with Crippen LogP contribution < -0.4 is 10.6 Å². The Bertz CT molecular complexity index is 877. The molecule has 150 valence electrons. The summed E-state index contributed by atoms with van der Waals surface area (Å²) in [5, 5.41) is 6.70. The molecular weight excluding hydrogens is 356 g/mol. The van der Waals surface area contributed by atoms with E-state index in [4.69, 9.17) is 0 Å². The molecule has 3 aromatic rings. The maximum Gasteiger partial charge on any atom is 0.251 e. The van der Waals surface area contributed by atoms with Crippen LogP contribution in [0.1, 0.15) is 53.7 Å². The number of rotatable bonds is 10. The Kier molecular flexibility index (Phi) is 7.88. The van der Waals surface area contributed by atoms with E-state index in [1.807, 2.05) is 48.5 Å². The van der Waals surface area contributed by atoms with Crippen molar-refractivity contribution in [1.82, 2.24) is 5.32 Å². The number of hydrogen-bond donors (Lipinski definition) is 2. The Balaban J connectivity index is 1.68. The van der Waals surface area contributed by atoms with Crippen molar-refractivity contribution >= 4 is 11.6 Å². The van der Waals surface area contributed by atoms with Gasteiger partial charge in [-0.3, -0.25) is 4.79 Å². The third-order valence-electron chi connectivity index (χ3n) is 5.04. The lowest BCUT2D eigenvalue weighted by molar-refractivity contribution is 0.0952. The van der Waals surface area contributed by atoms with Crippen LogP contribution in [-0.2, 0) is 6.42 Å². The first-order chi connectivity index (χ1) is 14.3. The highest BCUT2D eigenvalue weighted by atomic mass is 16.1. The molecule has 3 nitrogen and oxygen atoms in total. The third kappa shape index (κ3) is 6.49. The SMILES string of the molecule is CCCCc1cccc(C(CCNC(=O)c2ccccc2)Nc2ccccc2)c1. The minimum Gasteiger partial charge on any atom is -0.378 e. The molecule has 1 amide bonds. The van der Waals surface area contributed by atoms with E-state index in [9.17, 15) is 4.79 Å². The highest BCUT2D eigenvalue weighted by Gasteiger charge is 2.13. The topological polar surface area (TPSA) is 41.1 Å². The minimum atomic E-state index is -0.0271. The number of nitrogens with one attached hydrogen (secondary N) is 2. The van der Waals surface area contributed by atoms with Crippen molar-refractivity contribution in [2.75, 3.05) is 11.9 Å². The normalized spacial score (nSPS) is 11.6. The van der Waals surface area contributed by atoms with Gasteiger partial charge in [0.1, 0.15) is 0 Å². The molecule has 0 aromatic heterocycles. The maximum atomic E-state index is 12.4. The summed E-state index contributed by atoms with van der Waals surface area (Å²) in [7, 11) is 0. The van der Waals surface area contributed by atoms with Crippen LogP contribution in [0, 0.1) is 0 Å². The number of hydrogen-bond acceptors (Lipinski definition) is 2. The molecular formula is C26H30N2O. The summed E-state index contributed by atoms with van der Waals surface area (Å²) >= 11 is 0. The molecule has 0 bridgehead atoms. The largest absolute Gasteiger partial charge is 0.378 e. The highest BCUT2D eigenvalue weighted by Crippen LogP contribution is 2.24. The first-order valence-electron chi connectivity index (χ1n) is 10.5.